The minimum absolute atomic E-state index is 0.120. The van der Waals surface area contributed by atoms with Gasteiger partial charge in [-0.3, -0.25) is 9.36 Å². The van der Waals surface area contributed by atoms with E-state index >= 15 is 0 Å². The van der Waals surface area contributed by atoms with E-state index in [1.165, 1.54) is 16.9 Å². The van der Waals surface area contributed by atoms with Crippen molar-refractivity contribution in [1.82, 2.24) is 24.5 Å². The molecular formula is C22H32B3N7. The van der Waals surface area contributed by atoms with E-state index < -0.39 is 0 Å². The fraction of sp³-hybridized carbons (Fsp3) is 0.409. The molecule has 0 aromatic carbocycles. The molecule has 1 aliphatic rings. The quantitative estimate of drug-likeness (QED) is 0.427. The topological polar surface area (TPSA) is 77.8 Å². The summed E-state index contributed by atoms with van der Waals surface area (Å²) in [7, 11) is 6.47. The van der Waals surface area contributed by atoms with Crippen LogP contribution in [0.4, 0.5) is 5.69 Å². The van der Waals surface area contributed by atoms with Gasteiger partial charge in [-0.1, -0.05) is 18.7 Å². The molecule has 10 heteroatoms. The molecule has 0 amide bonds. The summed E-state index contributed by atoms with van der Waals surface area (Å²) < 4.78 is 4.16. The van der Waals surface area contributed by atoms with Crippen LogP contribution >= 0.6 is 0 Å². The second-order valence-electron chi connectivity index (χ2n) is 10.00. The lowest BCUT2D eigenvalue weighted by Crippen LogP contribution is -2.36. The Morgan fingerprint density at radius 2 is 1.97 bits per heavy atom. The standard InChI is InChI=1S/C22H32B3N7/c1-13(5-6-14(2)26)11-31-19-7-8-30(12-18(19)16(4)29-31)20-9-15(3)28-21-17(20)10-27-32(21)22(23,24)25/h9-10H,1-2,5-8,11-12,23-26H2,3-4H3. The molecule has 32 heavy (non-hydrogen) atoms. The number of hydrogen-bond donors (Lipinski definition) is 1. The Hall–Kier alpha value is -2.90. The summed E-state index contributed by atoms with van der Waals surface area (Å²) >= 11 is 0. The van der Waals surface area contributed by atoms with Crippen LogP contribution in [0.25, 0.3) is 11.0 Å². The number of hydrogen-bond acceptors (Lipinski definition) is 5. The van der Waals surface area contributed by atoms with Crippen LogP contribution in [0.5, 0.6) is 0 Å². The number of nitrogens with zero attached hydrogens (tertiary/aromatic N) is 6. The average Bonchev–Trinajstić information content (AvgIpc) is 3.27. The van der Waals surface area contributed by atoms with Crippen molar-refractivity contribution >= 4 is 40.3 Å². The van der Waals surface area contributed by atoms with Gasteiger partial charge in [0.15, 0.2) is 5.65 Å². The zero-order chi connectivity index (χ0) is 23.2. The molecule has 0 saturated heterocycles. The van der Waals surface area contributed by atoms with E-state index in [0.29, 0.717) is 5.70 Å². The van der Waals surface area contributed by atoms with Gasteiger partial charge < -0.3 is 10.6 Å². The van der Waals surface area contributed by atoms with E-state index in [2.05, 4.69) is 71.3 Å². The molecule has 0 unspecified atom stereocenters. The molecule has 3 aromatic heterocycles. The molecule has 0 radical (unpaired) electrons. The van der Waals surface area contributed by atoms with Crippen molar-refractivity contribution in [3.8, 4) is 0 Å². The van der Waals surface area contributed by atoms with E-state index in [4.69, 9.17) is 15.8 Å². The Kier molecular flexibility index (Phi) is 5.73. The lowest BCUT2D eigenvalue weighted by atomic mass is 9.49. The van der Waals surface area contributed by atoms with E-state index in [-0.39, 0.29) is 5.24 Å². The van der Waals surface area contributed by atoms with Crippen LogP contribution < -0.4 is 10.6 Å². The average molecular weight is 427 g/mol. The lowest BCUT2D eigenvalue weighted by molar-refractivity contribution is 0.598. The Morgan fingerprint density at radius 1 is 1.22 bits per heavy atom. The Labute approximate surface area is 193 Å². The molecule has 164 valence electrons. The lowest BCUT2D eigenvalue weighted by Gasteiger charge is -2.30. The van der Waals surface area contributed by atoms with Crippen LogP contribution in [0.3, 0.4) is 0 Å². The van der Waals surface area contributed by atoms with E-state index in [1.54, 1.807) is 0 Å². The van der Waals surface area contributed by atoms with Crippen molar-refractivity contribution in [3.05, 3.63) is 59.3 Å². The minimum Gasteiger partial charge on any atom is -0.403 e. The molecule has 0 atom stereocenters. The number of rotatable bonds is 7. The van der Waals surface area contributed by atoms with E-state index in [9.17, 15) is 0 Å². The number of allylic oxidation sites excluding steroid dienone is 2. The molecule has 4 rings (SSSR count). The van der Waals surface area contributed by atoms with Gasteiger partial charge in [0.05, 0.1) is 29.5 Å². The first-order chi connectivity index (χ1) is 15.0. The number of pyridine rings is 1. The predicted molar refractivity (Wildman–Crippen MR) is 139 cm³/mol. The Morgan fingerprint density at radius 3 is 2.66 bits per heavy atom. The van der Waals surface area contributed by atoms with Gasteiger partial charge >= 0.3 is 0 Å². The summed E-state index contributed by atoms with van der Waals surface area (Å²) in [5.41, 5.74) is 14.4. The first-order valence-electron chi connectivity index (χ1n) is 11.3. The third kappa shape index (κ3) is 4.23. The van der Waals surface area contributed by atoms with Gasteiger partial charge in [0.1, 0.15) is 23.5 Å². The smallest absolute Gasteiger partial charge is 0.158 e. The van der Waals surface area contributed by atoms with Crippen molar-refractivity contribution in [2.45, 2.75) is 51.4 Å². The largest absolute Gasteiger partial charge is 0.403 e. The van der Waals surface area contributed by atoms with Crippen molar-refractivity contribution in [1.29, 1.82) is 0 Å². The first-order valence-corrected chi connectivity index (χ1v) is 11.3. The van der Waals surface area contributed by atoms with Crippen molar-refractivity contribution in [2.75, 3.05) is 11.4 Å². The molecule has 0 bridgehead atoms. The maximum absolute atomic E-state index is 5.72. The molecule has 0 saturated carbocycles. The molecule has 1 aliphatic heterocycles. The summed E-state index contributed by atoms with van der Waals surface area (Å²) in [6.45, 7) is 14.7. The highest BCUT2D eigenvalue weighted by molar-refractivity contribution is 6.56. The zero-order valence-corrected chi connectivity index (χ0v) is 20.1. The fourth-order valence-electron chi connectivity index (χ4n) is 4.49. The van der Waals surface area contributed by atoms with E-state index in [0.717, 1.165) is 66.9 Å². The minimum atomic E-state index is -0.120. The van der Waals surface area contributed by atoms with Crippen molar-refractivity contribution in [2.24, 2.45) is 5.73 Å². The van der Waals surface area contributed by atoms with Crippen LogP contribution in [0.15, 0.2) is 36.7 Å². The second-order valence-corrected chi connectivity index (χ2v) is 10.00. The zero-order valence-electron chi connectivity index (χ0n) is 20.1. The predicted octanol–water partition coefficient (Wildman–Crippen LogP) is 0.0832. The molecule has 2 N–H and O–H groups in total. The summed E-state index contributed by atoms with van der Waals surface area (Å²) in [5, 5.41) is 10.5. The van der Waals surface area contributed by atoms with Crippen LogP contribution in [0.2, 0.25) is 0 Å². The third-order valence-electron chi connectivity index (χ3n) is 6.13. The fourth-order valence-corrected chi connectivity index (χ4v) is 4.49. The summed E-state index contributed by atoms with van der Waals surface area (Å²) in [4.78, 5) is 7.26. The Balaban J connectivity index is 1.63. The molecule has 7 nitrogen and oxygen atoms in total. The van der Waals surface area contributed by atoms with Crippen LogP contribution in [-0.2, 0) is 24.7 Å². The number of anilines is 1. The summed E-state index contributed by atoms with van der Waals surface area (Å²) in [5.74, 6) is 0. The number of nitrogens with two attached hydrogens (primary N) is 1. The SMILES string of the molecule is BC(B)(B)n1ncc2c(N3CCc4c(c(C)nn4CC(=C)CCC(=C)N)C3)cc(C)nc21. The van der Waals surface area contributed by atoms with Crippen LogP contribution in [0, 0.1) is 13.8 Å². The Bertz CT molecular complexity index is 1200. The maximum Gasteiger partial charge on any atom is 0.158 e. The highest BCUT2D eigenvalue weighted by Gasteiger charge is 2.27. The highest BCUT2D eigenvalue weighted by atomic mass is 15.3. The van der Waals surface area contributed by atoms with Gasteiger partial charge in [-0.05, 0) is 38.0 Å². The molecule has 0 aliphatic carbocycles. The van der Waals surface area contributed by atoms with Gasteiger partial charge in [0.2, 0.25) is 0 Å². The molecular weight excluding hydrogens is 395 g/mol. The first kappa shape index (κ1) is 22.3. The van der Waals surface area contributed by atoms with Gasteiger partial charge in [-0.25, -0.2) is 4.98 Å². The second kappa shape index (κ2) is 8.22. The number of aryl methyl sites for hydroxylation is 2. The van der Waals surface area contributed by atoms with Crippen LogP contribution in [0.1, 0.15) is 35.5 Å². The van der Waals surface area contributed by atoms with Crippen molar-refractivity contribution < 1.29 is 0 Å². The van der Waals surface area contributed by atoms with Gasteiger partial charge in [0, 0.05) is 42.2 Å². The number of aromatic nitrogens is 5. The third-order valence-corrected chi connectivity index (χ3v) is 6.13. The van der Waals surface area contributed by atoms with Gasteiger partial charge in [0.25, 0.3) is 0 Å². The normalized spacial score (nSPS) is 14.0. The molecule has 0 spiro atoms. The van der Waals surface area contributed by atoms with Gasteiger partial charge in [-0.15, -0.1) is 0 Å². The summed E-state index contributed by atoms with van der Waals surface area (Å²) in [6, 6.07) is 2.18. The number of fused-ring (bicyclic) bond motifs is 2. The maximum atomic E-state index is 5.72. The van der Waals surface area contributed by atoms with E-state index in [1.807, 2.05) is 10.9 Å². The van der Waals surface area contributed by atoms with Crippen molar-refractivity contribution in [3.63, 3.8) is 0 Å². The molecule has 4 heterocycles. The monoisotopic (exact) mass is 427 g/mol. The highest BCUT2D eigenvalue weighted by Crippen LogP contribution is 2.33. The molecule has 3 aromatic rings. The summed E-state index contributed by atoms with van der Waals surface area (Å²) in [6.07, 6.45) is 4.53. The van der Waals surface area contributed by atoms with Gasteiger partial charge in [-0.2, -0.15) is 10.2 Å². The molecule has 0 fully saturated rings. The van der Waals surface area contributed by atoms with Crippen LogP contribution in [-0.4, -0.2) is 54.6 Å².